The first-order valence-corrected chi connectivity index (χ1v) is 7.00. The molecule has 4 heteroatoms. The molecule has 94 valence electrons. The van der Waals surface area contributed by atoms with Gasteiger partial charge in [-0.15, -0.1) is 0 Å². The maximum absolute atomic E-state index is 13.4. The highest BCUT2D eigenvalue weighted by atomic mass is 79.9. The van der Waals surface area contributed by atoms with Crippen LogP contribution in [0.3, 0.4) is 0 Å². The largest absolute Gasteiger partial charge is 0.207 e. The van der Waals surface area contributed by atoms with Gasteiger partial charge in [-0.3, -0.25) is 0 Å². The molecule has 0 aromatic heterocycles. The third-order valence-corrected chi connectivity index (χ3v) is 4.39. The highest BCUT2D eigenvalue weighted by Gasteiger charge is 2.13. The standard InChI is InChI=1S/C14H10BrCl2F/c1-8-4-10(6-11(18)5-8)14(15)9-2-3-12(16)13(17)7-9/h2-7,14H,1H3. The molecule has 0 amide bonds. The molecule has 0 aliphatic rings. The van der Waals surface area contributed by atoms with Crippen molar-refractivity contribution in [3.05, 3.63) is 69.0 Å². The lowest BCUT2D eigenvalue weighted by Gasteiger charge is -2.12. The number of aryl methyl sites for hydroxylation is 1. The summed E-state index contributed by atoms with van der Waals surface area (Å²) in [5.74, 6) is -0.241. The highest BCUT2D eigenvalue weighted by molar-refractivity contribution is 9.09. The number of alkyl halides is 1. The van der Waals surface area contributed by atoms with Crippen LogP contribution in [-0.4, -0.2) is 0 Å². The minimum atomic E-state index is -0.241. The van der Waals surface area contributed by atoms with Gasteiger partial charge in [0.2, 0.25) is 0 Å². The molecule has 0 fully saturated rings. The van der Waals surface area contributed by atoms with E-state index >= 15 is 0 Å². The fourth-order valence-corrected chi connectivity index (χ4v) is 2.63. The second-order valence-electron chi connectivity index (χ2n) is 4.10. The minimum absolute atomic E-state index is 0.110. The molecule has 1 unspecified atom stereocenters. The van der Waals surface area contributed by atoms with E-state index in [9.17, 15) is 4.39 Å². The smallest absolute Gasteiger partial charge is 0.123 e. The normalized spacial score (nSPS) is 12.5. The van der Waals surface area contributed by atoms with Crippen LogP contribution in [0.4, 0.5) is 4.39 Å². The molecule has 0 bridgehead atoms. The lowest BCUT2D eigenvalue weighted by atomic mass is 10.0. The summed E-state index contributed by atoms with van der Waals surface area (Å²) in [6, 6.07) is 10.3. The zero-order valence-electron chi connectivity index (χ0n) is 9.55. The van der Waals surface area contributed by atoms with E-state index in [2.05, 4.69) is 15.9 Å². The Kier molecular flexibility index (Phi) is 4.31. The van der Waals surface area contributed by atoms with Crippen molar-refractivity contribution in [1.29, 1.82) is 0 Å². The van der Waals surface area contributed by atoms with E-state index in [0.717, 1.165) is 16.7 Å². The van der Waals surface area contributed by atoms with Crippen molar-refractivity contribution >= 4 is 39.1 Å². The molecule has 1 atom stereocenters. The second-order valence-corrected chi connectivity index (χ2v) is 5.83. The van der Waals surface area contributed by atoms with Crippen LogP contribution < -0.4 is 0 Å². The van der Waals surface area contributed by atoms with E-state index in [1.54, 1.807) is 12.1 Å². The number of rotatable bonds is 2. The Bertz CT molecular complexity index is 564. The Morgan fingerprint density at radius 1 is 1.00 bits per heavy atom. The van der Waals surface area contributed by atoms with Crippen LogP contribution in [0.25, 0.3) is 0 Å². The van der Waals surface area contributed by atoms with Gasteiger partial charge in [0.15, 0.2) is 0 Å². The minimum Gasteiger partial charge on any atom is -0.207 e. The molecule has 0 heterocycles. The van der Waals surface area contributed by atoms with E-state index in [-0.39, 0.29) is 10.6 Å². The van der Waals surface area contributed by atoms with Gasteiger partial charge in [-0.05, 0) is 47.9 Å². The number of halogens is 4. The zero-order chi connectivity index (χ0) is 13.3. The Morgan fingerprint density at radius 3 is 2.33 bits per heavy atom. The maximum atomic E-state index is 13.4. The quantitative estimate of drug-likeness (QED) is 0.591. The van der Waals surface area contributed by atoms with Crippen molar-refractivity contribution in [3.8, 4) is 0 Å². The summed E-state index contributed by atoms with van der Waals surface area (Å²) in [4.78, 5) is -0.110. The van der Waals surface area contributed by atoms with Crippen molar-refractivity contribution in [3.63, 3.8) is 0 Å². The summed E-state index contributed by atoms with van der Waals surface area (Å²) < 4.78 is 13.4. The van der Waals surface area contributed by atoms with Gasteiger partial charge < -0.3 is 0 Å². The highest BCUT2D eigenvalue weighted by Crippen LogP contribution is 2.34. The molecule has 18 heavy (non-hydrogen) atoms. The van der Waals surface area contributed by atoms with Crippen LogP contribution in [0.2, 0.25) is 10.0 Å². The maximum Gasteiger partial charge on any atom is 0.123 e. The van der Waals surface area contributed by atoms with Crippen LogP contribution in [0.15, 0.2) is 36.4 Å². The molecule has 0 saturated carbocycles. The number of benzene rings is 2. The van der Waals surface area contributed by atoms with Gasteiger partial charge >= 0.3 is 0 Å². The summed E-state index contributed by atoms with van der Waals surface area (Å²) in [5.41, 5.74) is 2.68. The summed E-state index contributed by atoms with van der Waals surface area (Å²) in [7, 11) is 0. The van der Waals surface area contributed by atoms with Gasteiger partial charge in [0.1, 0.15) is 5.82 Å². The van der Waals surface area contributed by atoms with E-state index < -0.39 is 0 Å². The average Bonchev–Trinajstić information content (AvgIpc) is 2.30. The van der Waals surface area contributed by atoms with E-state index in [1.807, 2.05) is 19.1 Å². The molecule has 0 saturated heterocycles. The Hall–Kier alpha value is -0.570. The molecule has 0 aliphatic heterocycles. The molecule has 2 aromatic rings. The van der Waals surface area contributed by atoms with Gasteiger partial charge in [0.25, 0.3) is 0 Å². The van der Waals surface area contributed by atoms with Crippen LogP contribution in [-0.2, 0) is 0 Å². The molecule has 2 aromatic carbocycles. The van der Waals surface area contributed by atoms with Crippen LogP contribution >= 0.6 is 39.1 Å². The fraction of sp³-hybridized carbons (Fsp3) is 0.143. The molecular formula is C14H10BrCl2F. The lowest BCUT2D eigenvalue weighted by molar-refractivity contribution is 0.624. The number of hydrogen-bond donors (Lipinski definition) is 0. The van der Waals surface area contributed by atoms with Gasteiger partial charge in [0.05, 0.1) is 14.9 Å². The summed E-state index contributed by atoms with van der Waals surface area (Å²) in [6.45, 7) is 1.86. The molecule has 0 radical (unpaired) electrons. The topological polar surface area (TPSA) is 0 Å². The third kappa shape index (κ3) is 3.05. The van der Waals surface area contributed by atoms with Crippen molar-refractivity contribution < 1.29 is 4.39 Å². The predicted molar refractivity (Wildman–Crippen MR) is 78.4 cm³/mol. The lowest BCUT2D eigenvalue weighted by Crippen LogP contribution is -1.95. The van der Waals surface area contributed by atoms with Gasteiger partial charge in [-0.25, -0.2) is 4.39 Å². The summed E-state index contributed by atoms with van der Waals surface area (Å²) in [6.07, 6.45) is 0. The van der Waals surface area contributed by atoms with E-state index in [0.29, 0.717) is 10.0 Å². The van der Waals surface area contributed by atoms with Gasteiger partial charge in [0, 0.05) is 0 Å². The number of hydrogen-bond acceptors (Lipinski definition) is 0. The van der Waals surface area contributed by atoms with E-state index in [4.69, 9.17) is 23.2 Å². The average molecular weight is 348 g/mol. The van der Waals surface area contributed by atoms with Gasteiger partial charge in [-0.2, -0.15) is 0 Å². The first-order valence-electron chi connectivity index (χ1n) is 5.33. The first kappa shape index (κ1) is 13.9. The summed E-state index contributed by atoms with van der Waals surface area (Å²) >= 11 is 15.4. The first-order chi connectivity index (χ1) is 8.47. The molecule has 2 rings (SSSR count). The Morgan fingerprint density at radius 2 is 1.72 bits per heavy atom. The SMILES string of the molecule is Cc1cc(F)cc(C(Br)c2ccc(Cl)c(Cl)c2)c1. The third-order valence-electron chi connectivity index (χ3n) is 2.59. The van der Waals surface area contributed by atoms with Crippen LogP contribution in [0, 0.1) is 12.7 Å². The van der Waals surface area contributed by atoms with Crippen molar-refractivity contribution in [2.75, 3.05) is 0 Å². The Labute approximate surface area is 124 Å². The summed E-state index contributed by atoms with van der Waals surface area (Å²) in [5, 5.41) is 1.00. The molecule has 0 aliphatic carbocycles. The zero-order valence-corrected chi connectivity index (χ0v) is 12.7. The van der Waals surface area contributed by atoms with Gasteiger partial charge in [-0.1, -0.05) is 51.3 Å². The van der Waals surface area contributed by atoms with Crippen LogP contribution in [0.1, 0.15) is 21.5 Å². The monoisotopic (exact) mass is 346 g/mol. The Balaban J connectivity index is 2.40. The molecule has 0 nitrogen and oxygen atoms in total. The molecule has 0 spiro atoms. The van der Waals surface area contributed by atoms with Crippen molar-refractivity contribution in [1.82, 2.24) is 0 Å². The van der Waals surface area contributed by atoms with Crippen molar-refractivity contribution in [2.24, 2.45) is 0 Å². The predicted octanol–water partition coefficient (Wildman–Crippen LogP) is 5.93. The second kappa shape index (κ2) is 5.60. The van der Waals surface area contributed by atoms with Crippen molar-refractivity contribution in [2.45, 2.75) is 11.8 Å². The molecule has 0 N–H and O–H groups in total. The van der Waals surface area contributed by atoms with E-state index in [1.165, 1.54) is 12.1 Å². The molecular weight excluding hydrogens is 338 g/mol. The fourth-order valence-electron chi connectivity index (χ4n) is 1.77. The van der Waals surface area contributed by atoms with Crippen LogP contribution in [0.5, 0.6) is 0 Å².